The maximum absolute atomic E-state index is 12.8. The number of nitrogens with zero attached hydrogens (tertiary/aromatic N) is 4. The van der Waals surface area contributed by atoms with Gasteiger partial charge in [0.05, 0.1) is 11.8 Å². The molecule has 0 radical (unpaired) electrons. The van der Waals surface area contributed by atoms with Crippen LogP contribution in [0.15, 0.2) is 36.9 Å². The number of hydrogen-bond donors (Lipinski definition) is 1. The van der Waals surface area contributed by atoms with Crippen LogP contribution in [0.2, 0.25) is 0 Å². The Kier molecular flexibility index (Phi) is 5.65. The third-order valence-electron chi connectivity index (χ3n) is 5.01. The van der Waals surface area contributed by atoms with Crippen LogP contribution in [0, 0.1) is 6.92 Å². The lowest BCUT2D eigenvalue weighted by Crippen LogP contribution is -2.45. The van der Waals surface area contributed by atoms with Crippen molar-refractivity contribution in [1.29, 1.82) is 0 Å². The number of amides is 2. The summed E-state index contributed by atoms with van der Waals surface area (Å²) in [6.45, 7) is 9.24. The summed E-state index contributed by atoms with van der Waals surface area (Å²) in [5.74, 6) is 1.53. The number of carbonyl (C=O) groups is 1. The Labute approximate surface area is 160 Å². The van der Waals surface area contributed by atoms with Gasteiger partial charge in [-0.2, -0.15) is 0 Å². The number of anilines is 1. The van der Waals surface area contributed by atoms with Gasteiger partial charge in [0.25, 0.3) is 0 Å². The Morgan fingerprint density at radius 1 is 1.22 bits per heavy atom. The number of urea groups is 1. The lowest BCUT2D eigenvalue weighted by Gasteiger charge is -2.34. The smallest absolute Gasteiger partial charge is 0.329 e. The van der Waals surface area contributed by atoms with E-state index in [1.165, 1.54) is 5.56 Å². The fraction of sp³-hybridized carbons (Fsp3) is 0.429. The molecule has 6 nitrogen and oxygen atoms in total. The van der Waals surface area contributed by atoms with Gasteiger partial charge >= 0.3 is 6.03 Å². The van der Waals surface area contributed by atoms with Crippen molar-refractivity contribution < 1.29 is 9.90 Å². The Morgan fingerprint density at radius 3 is 2.59 bits per heavy atom. The third kappa shape index (κ3) is 3.90. The van der Waals surface area contributed by atoms with Crippen molar-refractivity contribution in [2.24, 2.45) is 0 Å². The van der Waals surface area contributed by atoms with Crippen molar-refractivity contribution in [3.63, 3.8) is 0 Å². The molecule has 1 aliphatic rings. The van der Waals surface area contributed by atoms with Gasteiger partial charge in [0.2, 0.25) is 0 Å². The molecule has 0 fully saturated rings. The Hall–Kier alpha value is -2.60. The number of rotatable bonds is 7. The predicted octanol–water partition coefficient (Wildman–Crippen LogP) is 3.63. The number of aliphatic hydroxyl groups is 1. The Bertz CT molecular complexity index is 826. The summed E-state index contributed by atoms with van der Waals surface area (Å²) in [5, 5.41) is 9.43. The molecule has 6 heteroatoms. The van der Waals surface area contributed by atoms with Crippen molar-refractivity contribution in [1.82, 2.24) is 14.5 Å². The largest absolute Gasteiger partial charge is 0.393 e. The van der Waals surface area contributed by atoms with Crippen molar-refractivity contribution in [3.8, 4) is 0 Å². The van der Waals surface area contributed by atoms with Crippen LogP contribution in [0.4, 0.5) is 10.6 Å². The molecule has 0 spiro atoms. The van der Waals surface area contributed by atoms with E-state index in [4.69, 9.17) is 0 Å². The summed E-state index contributed by atoms with van der Waals surface area (Å²) in [4.78, 5) is 20.8. The lowest BCUT2D eigenvalue weighted by molar-refractivity contribution is 0.179. The zero-order valence-electron chi connectivity index (χ0n) is 16.4. The molecule has 0 bridgehead atoms. The molecule has 1 N–H and O–H groups in total. The summed E-state index contributed by atoms with van der Waals surface area (Å²) < 4.78 is 2.12. The fourth-order valence-electron chi connectivity index (χ4n) is 3.48. The minimum Gasteiger partial charge on any atom is -0.393 e. The van der Waals surface area contributed by atoms with E-state index in [0.717, 1.165) is 30.8 Å². The van der Waals surface area contributed by atoms with E-state index in [1.807, 2.05) is 25.1 Å². The Morgan fingerprint density at radius 2 is 1.93 bits per heavy atom. The molecular formula is C21H28N4O2. The molecule has 2 aromatic rings. The van der Waals surface area contributed by atoms with Gasteiger partial charge in [0, 0.05) is 20.1 Å². The molecule has 2 amide bonds. The summed E-state index contributed by atoms with van der Waals surface area (Å²) in [6, 6.07) is 10.1. The highest BCUT2D eigenvalue weighted by atomic mass is 16.3. The molecule has 0 aliphatic carbocycles. The monoisotopic (exact) mass is 368 g/mol. The molecule has 0 saturated carbocycles. The number of unbranched alkanes of at least 4 members (excludes halogenated alkanes) is 1. The summed E-state index contributed by atoms with van der Waals surface area (Å²) in [6.07, 6.45) is 2.12. The second-order valence-corrected chi connectivity index (χ2v) is 7.19. The van der Waals surface area contributed by atoms with Crippen LogP contribution in [-0.2, 0) is 6.54 Å². The second-order valence-electron chi connectivity index (χ2n) is 7.19. The maximum Gasteiger partial charge on any atom is 0.329 e. The number of aliphatic hydroxyl groups excluding tert-OH is 1. The minimum absolute atomic E-state index is 0.103. The highest BCUT2D eigenvalue weighted by Gasteiger charge is 2.35. The van der Waals surface area contributed by atoms with E-state index in [-0.39, 0.29) is 12.1 Å². The predicted molar refractivity (Wildman–Crippen MR) is 108 cm³/mol. The Balaban J connectivity index is 1.86. The molecular weight excluding hydrogens is 340 g/mol. The van der Waals surface area contributed by atoms with Gasteiger partial charge in [-0.25, -0.2) is 9.78 Å². The molecule has 144 valence electrons. The standard InChI is InChI=1S/C21H28N4O2/c1-15(26)10-8-9-13-24-16(2)19-20(23(4)21(24)27)22-17(3)25(19)14-18-11-6-5-7-12-18/h5-7,11-12,15,26H,2,8-10,13-14H2,1,3-4H3. The van der Waals surface area contributed by atoms with Gasteiger partial charge in [-0.15, -0.1) is 0 Å². The lowest BCUT2D eigenvalue weighted by atomic mass is 10.1. The fourth-order valence-corrected chi connectivity index (χ4v) is 3.48. The van der Waals surface area contributed by atoms with E-state index in [9.17, 15) is 9.90 Å². The first-order valence-corrected chi connectivity index (χ1v) is 9.43. The first-order valence-electron chi connectivity index (χ1n) is 9.43. The molecule has 1 aliphatic heterocycles. The highest BCUT2D eigenvalue weighted by Crippen LogP contribution is 2.35. The van der Waals surface area contributed by atoms with E-state index >= 15 is 0 Å². The molecule has 0 saturated heterocycles. The third-order valence-corrected chi connectivity index (χ3v) is 5.01. The molecule has 1 unspecified atom stereocenters. The van der Waals surface area contributed by atoms with Gasteiger partial charge in [0.1, 0.15) is 11.5 Å². The molecule has 27 heavy (non-hydrogen) atoms. The van der Waals surface area contributed by atoms with Crippen LogP contribution in [0.5, 0.6) is 0 Å². The van der Waals surface area contributed by atoms with Crippen LogP contribution in [0.1, 0.15) is 43.3 Å². The van der Waals surface area contributed by atoms with E-state index < -0.39 is 0 Å². The SMILES string of the molecule is C=C1c2c(nc(C)n2Cc2ccccc2)N(C)C(=O)N1CCCCC(C)O. The molecule has 1 aromatic heterocycles. The average Bonchev–Trinajstić information content (AvgIpc) is 2.96. The van der Waals surface area contributed by atoms with Crippen LogP contribution < -0.4 is 4.90 Å². The second kappa shape index (κ2) is 7.96. The normalized spacial score (nSPS) is 15.3. The summed E-state index contributed by atoms with van der Waals surface area (Å²) in [5.41, 5.74) is 2.77. The number of hydrogen-bond acceptors (Lipinski definition) is 3. The zero-order valence-corrected chi connectivity index (χ0v) is 16.4. The number of fused-ring (bicyclic) bond motifs is 1. The zero-order chi connectivity index (χ0) is 19.6. The number of benzene rings is 1. The van der Waals surface area contributed by atoms with Crippen LogP contribution in [0.3, 0.4) is 0 Å². The van der Waals surface area contributed by atoms with Crippen molar-refractivity contribution in [3.05, 3.63) is 54.0 Å². The van der Waals surface area contributed by atoms with E-state index in [0.29, 0.717) is 24.6 Å². The van der Waals surface area contributed by atoms with Crippen molar-refractivity contribution in [2.45, 2.75) is 45.8 Å². The highest BCUT2D eigenvalue weighted by molar-refractivity contribution is 6.02. The number of aryl methyl sites for hydroxylation is 1. The topological polar surface area (TPSA) is 61.6 Å². The molecule has 2 heterocycles. The van der Waals surface area contributed by atoms with E-state index in [2.05, 4.69) is 28.3 Å². The average molecular weight is 368 g/mol. The number of imidazole rings is 1. The van der Waals surface area contributed by atoms with Crippen LogP contribution >= 0.6 is 0 Å². The van der Waals surface area contributed by atoms with E-state index in [1.54, 1.807) is 23.8 Å². The van der Waals surface area contributed by atoms with Gasteiger partial charge in [-0.1, -0.05) is 36.9 Å². The summed E-state index contributed by atoms with van der Waals surface area (Å²) in [7, 11) is 1.76. The van der Waals surface area contributed by atoms with Crippen molar-refractivity contribution >= 4 is 17.5 Å². The summed E-state index contributed by atoms with van der Waals surface area (Å²) >= 11 is 0. The molecule has 3 rings (SSSR count). The van der Waals surface area contributed by atoms with Gasteiger partial charge in [0.15, 0.2) is 5.82 Å². The van der Waals surface area contributed by atoms with Crippen molar-refractivity contribution in [2.75, 3.05) is 18.5 Å². The number of aromatic nitrogens is 2. The quantitative estimate of drug-likeness (QED) is 0.759. The van der Waals surface area contributed by atoms with Crippen LogP contribution in [-0.4, -0.2) is 45.3 Å². The van der Waals surface area contributed by atoms with Gasteiger partial charge in [-0.05, 0) is 38.7 Å². The first kappa shape index (κ1) is 19.2. The number of carbonyl (C=O) groups excluding carboxylic acids is 1. The van der Waals surface area contributed by atoms with Gasteiger partial charge in [-0.3, -0.25) is 9.80 Å². The van der Waals surface area contributed by atoms with Gasteiger partial charge < -0.3 is 9.67 Å². The van der Waals surface area contributed by atoms with Crippen LogP contribution in [0.25, 0.3) is 5.70 Å². The molecule has 1 atom stereocenters. The molecule has 1 aromatic carbocycles. The maximum atomic E-state index is 12.8. The first-order chi connectivity index (χ1) is 12.9. The minimum atomic E-state index is -0.311.